The number of aliphatic carboxylic acids is 1. The Kier molecular flexibility index (Phi) is 4.84. The lowest BCUT2D eigenvalue weighted by Crippen LogP contribution is -2.43. The smallest absolute Gasteiger partial charge is 0.308 e. The normalized spacial score (nSPS) is 14.7. The van der Waals surface area contributed by atoms with Crippen LogP contribution >= 0.6 is 15.9 Å². The average Bonchev–Trinajstić information content (AvgIpc) is 2.71. The fourth-order valence-electron chi connectivity index (χ4n) is 2.25. The van der Waals surface area contributed by atoms with E-state index in [9.17, 15) is 19.2 Å². The Morgan fingerprint density at radius 3 is 2.48 bits per heavy atom. The summed E-state index contributed by atoms with van der Waals surface area (Å²) < 4.78 is 0.665. The van der Waals surface area contributed by atoms with E-state index in [2.05, 4.69) is 15.9 Å². The number of amides is 3. The molecule has 7 nitrogen and oxygen atoms in total. The highest BCUT2D eigenvalue weighted by molar-refractivity contribution is 9.10. The summed E-state index contributed by atoms with van der Waals surface area (Å²) in [5.74, 6) is -3.30. The minimum atomic E-state index is -1.02. The van der Waals surface area contributed by atoms with Gasteiger partial charge in [0.05, 0.1) is 17.0 Å². The molecule has 0 spiro atoms. The molecule has 0 aromatic heterocycles. The lowest BCUT2D eigenvalue weighted by Gasteiger charge is -2.22. The van der Waals surface area contributed by atoms with Crippen LogP contribution in [-0.2, 0) is 9.59 Å². The van der Waals surface area contributed by atoms with Crippen LogP contribution in [0.2, 0.25) is 0 Å². The highest BCUT2D eigenvalue weighted by Gasteiger charge is 2.37. The van der Waals surface area contributed by atoms with Crippen molar-refractivity contribution in [2.24, 2.45) is 5.92 Å². The van der Waals surface area contributed by atoms with Crippen LogP contribution < -0.4 is 0 Å². The summed E-state index contributed by atoms with van der Waals surface area (Å²) in [6, 6.07) is 4.71. The minimum Gasteiger partial charge on any atom is -0.481 e. The summed E-state index contributed by atoms with van der Waals surface area (Å²) in [6.45, 7) is 1.07. The average molecular weight is 383 g/mol. The SMILES string of the molecule is CC(CN(C)C(=O)CN1C(=O)c2ccc(Br)cc2C1=O)C(=O)O. The fraction of sp³-hybridized carbons (Fsp3) is 0.333. The molecule has 0 fully saturated rings. The lowest BCUT2D eigenvalue weighted by atomic mass is 10.1. The number of halogens is 1. The molecule has 1 atom stereocenters. The van der Waals surface area contributed by atoms with Crippen LogP contribution in [-0.4, -0.2) is 58.7 Å². The predicted octanol–water partition coefficient (Wildman–Crippen LogP) is 1.22. The number of nitrogens with zero attached hydrogens (tertiary/aromatic N) is 2. The molecular weight excluding hydrogens is 368 g/mol. The molecule has 1 aromatic rings. The molecular formula is C15H15BrN2O5. The van der Waals surface area contributed by atoms with Crippen molar-refractivity contribution in [3.63, 3.8) is 0 Å². The number of benzene rings is 1. The molecule has 23 heavy (non-hydrogen) atoms. The van der Waals surface area contributed by atoms with E-state index >= 15 is 0 Å². The number of likely N-dealkylation sites (N-methyl/N-ethyl adjacent to an activating group) is 1. The maximum Gasteiger partial charge on any atom is 0.308 e. The molecule has 0 saturated heterocycles. The van der Waals surface area contributed by atoms with E-state index in [-0.39, 0.29) is 17.7 Å². The fourth-order valence-corrected chi connectivity index (χ4v) is 2.61. The maximum absolute atomic E-state index is 12.3. The van der Waals surface area contributed by atoms with Crippen molar-refractivity contribution in [2.75, 3.05) is 20.1 Å². The Labute approximate surface area is 141 Å². The molecule has 1 aliphatic heterocycles. The van der Waals surface area contributed by atoms with Gasteiger partial charge in [0.2, 0.25) is 5.91 Å². The number of carbonyl (C=O) groups is 4. The van der Waals surface area contributed by atoms with Crippen molar-refractivity contribution in [3.8, 4) is 0 Å². The second-order valence-electron chi connectivity index (χ2n) is 5.40. The summed E-state index contributed by atoms with van der Waals surface area (Å²) in [7, 11) is 1.44. The number of hydrogen-bond donors (Lipinski definition) is 1. The number of carboxylic acid groups (broad SMARTS) is 1. The zero-order chi connectivity index (χ0) is 17.3. The standard InChI is InChI=1S/C15H15BrN2O5/c1-8(15(22)23)6-17(2)12(19)7-18-13(20)10-4-3-9(16)5-11(10)14(18)21/h3-5,8H,6-7H2,1-2H3,(H,22,23). The van der Waals surface area contributed by atoms with Crippen molar-refractivity contribution in [3.05, 3.63) is 33.8 Å². The molecule has 1 aliphatic rings. The summed E-state index contributed by atoms with van der Waals surface area (Å²) in [5, 5.41) is 8.86. The van der Waals surface area contributed by atoms with E-state index in [0.29, 0.717) is 4.47 Å². The van der Waals surface area contributed by atoms with Gasteiger partial charge in [-0.05, 0) is 18.2 Å². The quantitative estimate of drug-likeness (QED) is 0.772. The molecule has 2 rings (SSSR count). The predicted molar refractivity (Wildman–Crippen MR) is 83.9 cm³/mol. The van der Waals surface area contributed by atoms with Crippen LogP contribution in [0.15, 0.2) is 22.7 Å². The Hall–Kier alpha value is -2.22. The van der Waals surface area contributed by atoms with Crippen LogP contribution in [0, 0.1) is 5.92 Å². The van der Waals surface area contributed by atoms with Gasteiger partial charge in [0.1, 0.15) is 6.54 Å². The Morgan fingerprint density at radius 1 is 1.26 bits per heavy atom. The number of hydrogen-bond acceptors (Lipinski definition) is 4. The third-order valence-corrected chi connectivity index (χ3v) is 4.11. The molecule has 1 N–H and O–H groups in total. The Morgan fingerprint density at radius 2 is 1.87 bits per heavy atom. The van der Waals surface area contributed by atoms with Crippen molar-refractivity contribution in [1.29, 1.82) is 0 Å². The van der Waals surface area contributed by atoms with Gasteiger partial charge in [-0.2, -0.15) is 0 Å². The summed E-state index contributed by atoms with van der Waals surface area (Å²) >= 11 is 3.23. The van der Waals surface area contributed by atoms with E-state index in [1.807, 2.05) is 0 Å². The zero-order valence-corrected chi connectivity index (χ0v) is 14.2. The molecule has 0 bridgehead atoms. The minimum absolute atomic E-state index is 0.00286. The second kappa shape index (κ2) is 6.49. The highest BCUT2D eigenvalue weighted by Crippen LogP contribution is 2.25. The first-order valence-electron chi connectivity index (χ1n) is 6.85. The van der Waals surface area contributed by atoms with Crippen LogP contribution in [0.3, 0.4) is 0 Å². The van der Waals surface area contributed by atoms with Crippen LogP contribution in [0.5, 0.6) is 0 Å². The monoisotopic (exact) mass is 382 g/mol. The molecule has 3 amide bonds. The maximum atomic E-state index is 12.3. The van der Waals surface area contributed by atoms with Gasteiger partial charge >= 0.3 is 5.97 Å². The molecule has 1 aromatic carbocycles. The van der Waals surface area contributed by atoms with Crippen molar-refractivity contribution in [1.82, 2.24) is 9.80 Å². The van der Waals surface area contributed by atoms with Gasteiger partial charge < -0.3 is 10.0 Å². The van der Waals surface area contributed by atoms with Crippen LogP contribution in [0.1, 0.15) is 27.6 Å². The lowest BCUT2D eigenvalue weighted by molar-refractivity contribution is -0.142. The van der Waals surface area contributed by atoms with Gasteiger partial charge in [0.25, 0.3) is 11.8 Å². The molecule has 0 saturated carbocycles. The van der Waals surface area contributed by atoms with Crippen molar-refractivity contribution < 1.29 is 24.3 Å². The van der Waals surface area contributed by atoms with Gasteiger partial charge in [-0.1, -0.05) is 22.9 Å². The number of carbonyl (C=O) groups excluding carboxylic acids is 3. The van der Waals surface area contributed by atoms with E-state index in [0.717, 1.165) is 4.90 Å². The van der Waals surface area contributed by atoms with Crippen molar-refractivity contribution in [2.45, 2.75) is 6.92 Å². The number of rotatable bonds is 5. The number of imide groups is 1. The molecule has 0 aliphatic carbocycles. The van der Waals surface area contributed by atoms with E-state index in [1.54, 1.807) is 6.07 Å². The van der Waals surface area contributed by atoms with Gasteiger partial charge in [-0.3, -0.25) is 24.1 Å². The van der Waals surface area contributed by atoms with Gasteiger partial charge in [0, 0.05) is 18.1 Å². The molecule has 1 unspecified atom stereocenters. The van der Waals surface area contributed by atoms with Gasteiger partial charge in [0.15, 0.2) is 0 Å². The highest BCUT2D eigenvalue weighted by atomic mass is 79.9. The first kappa shape index (κ1) is 17.1. The second-order valence-corrected chi connectivity index (χ2v) is 6.32. The zero-order valence-electron chi connectivity index (χ0n) is 12.6. The summed E-state index contributed by atoms with van der Waals surface area (Å²) in [6.07, 6.45) is 0. The number of fused-ring (bicyclic) bond motifs is 1. The third kappa shape index (κ3) is 3.42. The Bertz CT molecular complexity index is 703. The molecule has 122 valence electrons. The van der Waals surface area contributed by atoms with Gasteiger partial charge in [-0.25, -0.2) is 0 Å². The Balaban J connectivity index is 2.09. The summed E-state index contributed by atoms with van der Waals surface area (Å²) in [5.41, 5.74) is 0.506. The van der Waals surface area contributed by atoms with Gasteiger partial charge in [-0.15, -0.1) is 0 Å². The summed E-state index contributed by atoms with van der Waals surface area (Å²) in [4.78, 5) is 49.6. The first-order valence-corrected chi connectivity index (χ1v) is 7.64. The van der Waals surface area contributed by atoms with Crippen LogP contribution in [0.25, 0.3) is 0 Å². The third-order valence-electron chi connectivity index (χ3n) is 3.62. The van der Waals surface area contributed by atoms with E-state index in [4.69, 9.17) is 5.11 Å². The number of carboxylic acids is 1. The van der Waals surface area contributed by atoms with E-state index in [1.165, 1.54) is 31.0 Å². The van der Waals surface area contributed by atoms with Crippen molar-refractivity contribution >= 4 is 39.6 Å². The largest absolute Gasteiger partial charge is 0.481 e. The first-order chi connectivity index (χ1) is 10.7. The molecule has 0 radical (unpaired) electrons. The molecule has 8 heteroatoms. The topological polar surface area (TPSA) is 95.0 Å². The van der Waals surface area contributed by atoms with Crippen LogP contribution in [0.4, 0.5) is 0 Å². The van der Waals surface area contributed by atoms with E-state index < -0.39 is 36.2 Å². The molecule has 1 heterocycles.